The van der Waals surface area contributed by atoms with Crippen LogP contribution in [0.15, 0.2) is 12.7 Å². The van der Waals surface area contributed by atoms with Crippen molar-refractivity contribution < 1.29 is 14.3 Å². The van der Waals surface area contributed by atoms with Gasteiger partial charge in [0.15, 0.2) is 0 Å². The number of amides is 1. The van der Waals surface area contributed by atoms with E-state index in [1.165, 1.54) is 0 Å². The Morgan fingerprint density at radius 2 is 2.39 bits per heavy atom. The Balaban J connectivity index is 2.00. The van der Waals surface area contributed by atoms with Crippen LogP contribution in [0.1, 0.15) is 26.2 Å². The molecule has 1 aliphatic carbocycles. The molecule has 0 spiro atoms. The third kappa shape index (κ3) is 2.27. The Labute approximate surface area is 107 Å². The molecule has 5 nitrogen and oxygen atoms in total. The van der Waals surface area contributed by atoms with Gasteiger partial charge in [-0.3, -0.25) is 4.79 Å². The van der Waals surface area contributed by atoms with E-state index in [1.54, 1.807) is 13.0 Å². The Hall–Kier alpha value is -1.36. The van der Waals surface area contributed by atoms with Crippen molar-refractivity contribution in [3.05, 3.63) is 12.7 Å². The molecule has 2 rings (SSSR count). The van der Waals surface area contributed by atoms with Crippen LogP contribution in [0, 0.1) is 5.92 Å². The molecule has 0 bridgehead atoms. The molecule has 5 heteroatoms. The summed E-state index contributed by atoms with van der Waals surface area (Å²) < 4.78 is 5.04. The van der Waals surface area contributed by atoms with Crippen molar-refractivity contribution in [1.29, 1.82) is 0 Å². The SMILES string of the molecule is C=CC1C[C@]1(NC(=O)[C@@H]1CCCN1)C(=O)OCC. The second kappa shape index (κ2) is 5.10. The first-order valence-electron chi connectivity index (χ1n) is 6.49. The predicted octanol–water partition coefficient (Wildman–Crippen LogP) is 0.362. The summed E-state index contributed by atoms with van der Waals surface area (Å²) in [5.74, 6) is -0.465. The van der Waals surface area contributed by atoms with Crippen molar-refractivity contribution in [3.8, 4) is 0 Å². The fraction of sp³-hybridized carbons (Fsp3) is 0.692. The van der Waals surface area contributed by atoms with Gasteiger partial charge in [-0.1, -0.05) is 6.08 Å². The van der Waals surface area contributed by atoms with E-state index in [9.17, 15) is 9.59 Å². The Kier molecular flexibility index (Phi) is 3.71. The molecule has 100 valence electrons. The molecule has 18 heavy (non-hydrogen) atoms. The van der Waals surface area contributed by atoms with Crippen LogP contribution in [-0.4, -0.2) is 36.6 Å². The highest BCUT2D eigenvalue weighted by Gasteiger charge is 2.61. The Morgan fingerprint density at radius 3 is 2.89 bits per heavy atom. The molecule has 2 aliphatic rings. The lowest BCUT2D eigenvalue weighted by Crippen LogP contribution is -2.51. The first-order chi connectivity index (χ1) is 8.64. The molecule has 0 aromatic rings. The van der Waals surface area contributed by atoms with Crippen molar-refractivity contribution in [2.24, 2.45) is 5.92 Å². The number of carbonyl (C=O) groups is 2. The molecule has 2 N–H and O–H groups in total. The number of rotatable bonds is 5. The molecular weight excluding hydrogens is 232 g/mol. The van der Waals surface area contributed by atoms with Gasteiger partial charge in [0.2, 0.25) is 5.91 Å². The van der Waals surface area contributed by atoms with Crippen LogP contribution in [0.5, 0.6) is 0 Å². The van der Waals surface area contributed by atoms with Gasteiger partial charge < -0.3 is 15.4 Å². The highest BCUT2D eigenvalue weighted by molar-refractivity contribution is 5.93. The number of hydrogen-bond acceptors (Lipinski definition) is 4. The summed E-state index contributed by atoms with van der Waals surface area (Å²) in [6, 6.07) is -0.178. The fourth-order valence-electron chi connectivity index (χ4n) is 2.48. The Bertz CT molecular complexity index is 363. The summed E-state index contributed by atoms with van der Waals surface area (Å²) in [6.45, 7) is 6.63. The third-order valence-corrected chi connectivity index (χ3v) is 3.66. The van der Waals surface area contributed by atoms with E-state index >= 15 is 0 Å². The quantitative estimate of drug-likeness (QED) is 0.548. The number of hydrogen-bond donors (Lipinski definition) is 2. The molecule has 1 amide bonds. The van der Waals surface area contributed by atoms with Crippen LogP contribution in [-0.2, 0) is 14.3 Å². The minimum atomic E-state index is -0.862. The Morgan fingerprint density at radius 1 is 1.61 bits per heavy atom. The highest BCUT2D eigenvalue weighted by atomic mass is 16.5. The molecule has 1 heterocycles. The first kappa shape index (κ1) is 13.1. The smallest absolute Gasteiger partial charge is 0.332 e. The van der Waals surface area contributed by atoms with E-state index < -0.39 is 5.54 Å². The largest absolute Gasteiger partial charge is 0.464 e. The van der Waals surface area contributed by atoms with Gasteiger partial charge in [-0.25, -0.2) is 4.79 Å². The standard InChI is InChI=1S/C13H20N2O3/c1-3-9-8-13(9,12(17)18-4-2)15-11(16)10-6-5-7-14-10/h3,9-10,14H,1,4-8H2,2H3,(H,15,16)/t9?,10-,13+/m0/s1. The molecule has 1 aliphatic heterocycles. The van der Waals surface area contributed by atoms with Gasteiger partial charge >= 0.3 is 5.97 Å². The van der Waals surface area contributed by atoms with Crippen LogP contribution in [0.2, 0.25) is 0 Å². The number of ether oxygens (including phenoxy) is 1. The molecule has 1 saturated heterocycles. The van der Waals surface area contributed by atoms with Crippen molar-refractivity contribution in [2.75, 3.05) is 13.2 Å². The van der Waals surface area contributed by atoms with Gasteiger partial charge in [-0.2, -0.15) is 0 Å². The van der Waals surface area contributed by atoms with E-state index in [1.807, 2.05) is 0 Å². The zero-order chi connectivity index (χ0) is 13.2. The fourth-order valence-corrected chi connectivity index (χ4v) is 2.48. The molecule has 0 radical (unpaired) electrons. The van der Waals surface area contributed by atoms with E-state index in [0.29, 0.717) is 13.0 Å². The van der Waals surface area contributed by atoms with Crippen molar-refractivity contribution in [2.45, 2.75) is 37.8 Å². The predicted molar refractivity (Wildman–Crippen MR) is 66.8 cm³/mol. The first-order valence-corrected chi connectivity index (χ1v) is 6.49. The zero-order valence-corrected chi connectivity index (χ0v) is 10.7. The van der Waals surface area contributed by atoms with Crippen LogP contribution in [0.4, 0.5) is 0 Å². The van der Waals surface area contributed by atoms with Gasteiger partial charge in [0.25, 0.3) is 0 Å². The topological polar surface area (TPSA) is 67.4 Å². The monoisotopic (exact) mass is 252 g/mol. The minimum Gasteiger partial charge on any atom is -0.464 e. The molecule has 0 aromatic heterocycles. The maximum absolute atomic E-state index is 12.1. The van der Waals surface area contributed by atoms with Crippen molar-refractivity contribution >= 4 is 11.9 Å². The summed E-state index contributed by atoms with van der Waals surface area (Å²) in [4.78, 5) is 24.0. The van der Waals surface area contributed by atoms with Gasteiger partial charge in [0.1, 0.15) is 5.54 Å². The lowest BCUT2D eigenvalue weighted by atomic mass is 10.1. The summed E-state index contributed by atoms with van der Waals surface area (Å²) >= 11 is 0. The number of carbonyl (C=O) groups excluding carboxylic acids is 2. The molecular formula is C13H20N2O3. The second-order valence-corrected chi connectivity index (χ2v) is 4.88. The lowest BCUT2D eigenvalue weighted by Gasteiger charge is -2.19. The van der Waals surface area contributed by atoms with E-state index in [2.05, 4.69) is 17.2 Å². The summed E-state index contributed by atoms with van der Waals surface area (Å²) in [5, 5.41) is 5.97. The van der Waals surface area contributed by atoms with Crippen molar-refractivity contribution in [3.63, 3.8) is 0 Å². The maximum atomic E-state index is 12.1. The third-order valence-electron chi connectivity index (χ3n) is 3.66. The summed E-state index contributed by atoms with van der Waals surface area (Å²) in [5.41, 5.74) is -0.862. The molecule has 1 saturated carbocycles. The van der Waals surface area contributed by atoms with Crippen molar-refractivity contribution in [1.82, 2.24) is 10.6 Å². The number of esters is 1. The van der Waals surface area contributed by atoms with Gasteiger partial charge in [0.05, 0.1) is 12.6 Å². The normalized spacial score (nSPS) is 33.8. The van der Waals surface area contributed by atoms with Gasteiger partial charge in [-0.05, 0) is 32.7 Å². The highest BCUT2D eigenvalue weighted by Crippen LogP contribution is 2.45. The van der Waals surface area contributed by atoms with Crippen LogP contribution >= 0.6 is 0 Å². The van der Waals surface area contributed by atoms with E-state index in [0.717, 1.165) is 19.4 Å². The van der Waals surface area contributed by atoms with Crippen LogP contribution < -0.4 is 10.6 Å². The zero-order valence-electron chi connectivity index (χ0n) is 10.7. The summed E-state index contributed by atoms with van der Waals surface area (Å²) in [6.07, 6.45) is 4.12. The average Bonchev–Trinajstić information content (AvgIpc) is 2.82. The lowest BCUT2D eigenvalue weighted by molar-refractivity contribution is -0.149. The second-order valence-electron chi connectivity index (χ2n) is 4.88. The molecule has 3 atom stereocenters. The number of nitrogens with one attached hydrogen (secondary N) is 2. The molecule has 2 fully saturated rings. The van der Waals surface area contributed by atoms with Crippen LogP contribution in [0.3, 0.4) is 0 Å². The average molecular weight is 252 g/mol. The summed E-state index contributed by atoms with van der Waals surface area (Å²) in [7, 11) is 0. The van der Waals surface area contributed by atoms with Gasteiger partial charge in [0, 0.05) is 5.92 Å². The molecule has 1 unspecified atom stereocenters. The van der Waals surface area contributed by atoms with E-state index in [4.69, 9.17) is 4.74 Å². The van der Waals surface area contributed by atoms with Gasteiger partial charge in [-0.15, -0.1) is 6.58 Å². The molecule has 0 aromatic carbocycles. The minimum absolute atomic E-state index is 0.0121. The van der Waals surface area contributed by atoms with Crippen LogP contribution in [0.25, 0.3) is 0 Å². The van der Waals surface area contributed by atoms with E-state index in [-0.39, 0.29) is 23.8 Å². The maximum Gasteiger partial charge on any atom is 0.332 e.